The zero-order valence-corrected chi connectivity index (χ0v) is 26.0. The number of hydrogen-bond donors (Lipinski definition) is 6. The van der Waals surface area contributed by atoms with Gasteiger partial charge in [0, 0.05) is 6.54 Å². The molecule has 0 spiro atoms. The first-order valence-electron chi connectivity index (χ1n) is 13.2. The van der Waals surface area contributed by atoms with E-state index in [1.54, 1.807) is 45.0 Å². The number of carbonyl (C=O) groups is 5. The van der Waals surface area contributed by atoms with Crippen LogP contribution in [0.2, 0.25) is 0 Å². The van der Waals surface area contributed by atoms with E-state index in [2.05, 4.69) is 31.2 Å². The van der Waals surface area contributed by atoms with Crippen LogP contribution in [0.4, 0.5) is 9.59 Å². The Labute approximate surface area is 257 Å². The highest BCUT2D eigenvalue weighted by Gasteiger charge is 2.27. The lowest BCUT2D eigenvalue weighted by Gasteiger charge is -2.21. The summed E-state index contributed by atoms with van der Waals surface area (Å²) in [7, 11) is 2.39. The van der Waals surface area contributed by atoms with Gasteiger partial charge in [0.2, 0.25) is 11.9 Å². The molecular formula is C27H45ClN4O11. The molecule has 15 nitrogen and oxygen atoms in total. The Balaban J connectivity index is 0. The van der Waals surface area contributed by atoms with Crippen molar-refractivity contribution in [3.63, 3.8) is 0 Å². The fraction of sp³-hybridized carbons (Fsp3) is 0.593. The monoisotopic (exact) mass is 636 g/mol. The third-order valence-corrected chi connectivity index (χ3v) is 5.15. The summed E-state index contributed by atoms with van der Waals surface area (Å²) in [6.07, 6.45) is -0.205. The van der Waals surface area contributed by atoms with E-state index in [1.165, 1.54) is 7.11 Å². The average molecular weight is 637 g/mol. The SMILES string of the molecule is COC(=O)C(CO)NC(=O)C(CCCCNC(=O)OC(C)(C)C)NC(=O)OCc1ccccc1.COC(=O)C([NH3+])CO.[Cl-]. The van der Waals surface area contributed by atoms with Gasteiger partial charge in [0.1, 0.15) is 24.9 Å². The number of aliphatic hydroxyl groups is 2. The fourth-order valence-electron chi connectivity index (χ4n) is 2.99. The maximum Gasteiger partial charge on any atom is 0.408 e. The third-order valence-electron chi connectivity index (χ3n) is 5.15. The number of quaternary nitrogens is 1. The highest BCUT2D eigenvalue weighted by atomic mass is 35.5. The molecule has 0 saturated carbocycles. The van der Waals surface area contributed by atoms with Crippen LogP contribution in [0.5, 0.6) is 0 Å². The van der Waals surface area contributed by atoms with Crippen LogP contribution in [0.25, 0.3) is 0 Å². The van der Waals surface area contributed by atoms with Crippen LogP contribution in [-0.2, 0) is 39.9 Å². The lowest BCUT2D eigenvalue weighted by atomic mass is 10.1. The largest absolute Gasteiger partial charge is 1.00 e. The zero-order chi connectivity index (χ0) is 32.1. The van der Waals surface area contributed by atoms with E-state index in [4.69, 9.17) is 14.6 Å². The van der Waals surface area contributed by atoms with E-state index >= 15 is 0 Å². The van der Waals surface area contributed by atoms with Crippen LogP contribution in [0, 0.1) is 0 Å². The number of carbonyl (C=O) groups excluding carboxylic acids is 5. The van der Waals surface area contributed by atoms with Crippen LogP contribution >= 0.6 is 0 Å². The van der Waals surface area contributed by atoms with Crippen LogP contribution in [0.3, 0.4) is 0 Å². The van der Waals surface area contributed by atoms with Crippen molar-refractivity contribution < 1.29 is 71.3 Å². The number of unbranched alkanes of at least 4 members (excludes halogenated alkanes) is 1. The van der Waals surface area contributed by atoms with Gasteiger partial charge in [-0.2, -0.15) is 0 Å². The molecule has 0 aliphatic rings. The summed E-state index contributed by atoms with van der Waals surface area (Å²) in [5, 5.41) is 25.1. The van der Waals surface area contributed by atoms with E-state index in [9.17, 15) is 29.1 Å². The van der Waals surface area contributed by atoms with Gasteiger partial charge in [-0.3, -0.25) is 4.79 Å². The van der Waals surface area contributed by atoms with Crippen molar-refractivity contribution >= 4 is 30.0 Å². The standard InChI is InChI=1S/C23H35N3O8.C4H9NO3.ClH/c1-23(2,3)34-21(30)24-13-9-8-12-17(19(28)25-18(14-27)20(29)32-4)26-22(31)33-15-16-10-6-5-7-11-16;1-8-4(7)3(5)2-6;/h5-7,10-11,17-18,27H,8-9,12-15H2,1-4H3,(H,24,30)(H,25,28)(H,26,31);3,6H,2,5H2,1H3;1H. The Morgan fingerprint density at radius 2 is 1.47 bits per heavy atom. The Bertz CT molecular complexity index is 977. The van der Waals surface area contributed by atoms with Crippen LogP contribution in [0.15, 0.2) is 30.3 Å². The summed E-state index contributed by atoms with van der Waals surface area (Å²) < 4.78 is 19.1. The molecule has 3 unspecified atom stereocenters. The van der Waals surface area contributed by atoms with Crippen molar-refractivity contribution in [1.29, 1.82) is 0 Å². The van der Waals surface area contributed by atoms with Crippen molar-refractivity contribution in [2.75, 3.05) is 34.0 Å². The lowest BCUT2D eigenvalue weighted by Crippen LogP contribution is -3.00. The van der Waals surface area contributed by atoms with E-state index < -0.39 is 60.4 Å². The van der Waals surface area contributed by atoms with E-state index in [0.717, 1.165) is 12.7 Å². The summed E-state index contributed by atoms with van der Waals surface area (Å²) in [5.41, 5.74) is 3.47. The van der Waals surface area contributed by atoms with Gasteiger partial charge >= 0.3 is 24.1 Å². The molecule has 43 heavy (non-hydrogen) atoms. The molecule has 1 aromatic carbocycles. The van der Waals surface area contributed by atoms with Gasteiger partial charge in [0.15, 0.2) is 6.04 Å². The summed E-state index contributed by atoms with van der Waals surface area (Å²) in [4.78, 5) is 58.6. The number of halogens is 1. The maximum absolute atomic E-state index is 12.7. The molecule has 0 bridgehead atoms. The minimum absolute atomic E-state index is 0. The molecule has 0 aliphatic carbocycles. The van der Waals surface area contributed by atoms with E-state index in [-0.39, 0.29) is 32.0 Å². The first-order chi connectivity index (χ1) is 19.8. The first-order valence-corrected chi connectivity index (χ1v) is 13.2. The smallest absolute Gasteiger partial charge is 0.408 e. The van der Waals surface area contributed by atoms with Gasteiger partial charge in [-0.05, 0) is 45.6 Å². The summed E-state index contributed by atoms with van der Waals surface area (Å²) in [6, 6.07) is 6.08. The van der Waals surface area contributed by atoms with Crippen LogP contribution in [-0.4, -0.2) is 98.0 Å². The molecule has 246 valence electrons. The Morgan fingerprint density at radius 3 is 1.95 bits per heavy atom. The van der Waals surface area contributed by atoms with Crippen molar-refractivity contribution in [2.45, 2.75) is 70.4 Å². The number of aliphatic hydroxyl groups excluding tert-OH is 2. The lowest BCUT2D eigenvalue weighted by molar-refractivity contribution is -0.413. The number of nitrogens with one attached hydrogen (secondary N) is 3. The van der Waals surface area contributed by atoms with Crippen molar-refractivity contribution in [1.82, 2.24) is 16.0 Å². The van der Waals surface area contributed by atoms with E-state index in [0.29, 0.717) is 19.4 Å². The van der Waals surface area contributed by atoms with Gasteiger partial charge in [-0.15, -0.1) is 0 Å². The molecule has 3 amide bonds. The molecular weight excluding hydrogens is 592 g/mol. The topological polar surface area (TPSA) is 226 Å². The molecule has 0 aliphatic heterocycles. The highest BCUT2D eigenvalue weighted by Crippen LogP contribution is 2.08. The number of alkyl carbamates (subject to hydrolysis) is 2. The fourth-order valence-corrected chi connectivity index (χ4v) is 2.99. The molecule has 0 radical (unpaired) electrons. The average Bonchev–Trinajstić information content (AvgIpc) is 2.96. The van der Waals surface area contributed by atoms with Crippen LogP contribution < -0.4 is 34.1 Å². The predicted molar refractivity (Wildman–Crippen MR) is 148 cm³/mol. The van der Waals surface area contributed by atoms with E-state index in [1.807, 2.05) is 6.07 Å². The Morgan fingerprint density at radius 1 is 0.860 bits per heavy atom. The Hall–Kier alpha value is -3.66. The maximum atomic E-state index is 12.7. The normalized spacial score (nSPS) is 12.4. The highest BCUT2D eigenvalue weighted by molar-refractivity contribution is 5.89. The number of rotatable bonds is 14. The predicted octanol–water partition coefficient (Wildman–Crippen LogP) is -3.61. The first kappa shape index (κ1) is 41.5. The number of amides is 3. The van der Waals surface area contributed by atoms with Crippen molar-refractivity contribution in [3.8, 4) is 0 Å². The van der Waals surface area contributed by atoms with Gasteiger partial charge < -0.3 is 63.3 Å². The number of ether oxygens (including phenoxy) is 4. The summed E-state index contributed by atoms with van der Waals surface area (Å²) in [5.74, 6) is -1.98. The molecule has 0 heterocycles. The molecule has 0 saturated heterocycles. The summed E-state index contributed by atoms with van der Waals surface area (Å²) >= 11 is 0. The number of hydrogen-bond acceptors (Lipinski definition) is 11. The van der Waals surface area contributed by atoms with Gasteiger partial charge in [-0.25, -0.2) is 19.2 Å². The summed E-state index contributed by atoms with van der Waals surface area (Å²) in [6.45, 7) is 4.67. The second kappa shape index (κ2) is 22.9. The second-order valence-electron chi connectivity index (χ2n) is 9.85. The molecule has 0 fully saturated rings. The minimum atomic E-state index is -1.27. The van der Waals surface area contributed by atoms with Gasteiger partial charge in [0.05, 0.1) is 20.8 Å². The minimum Gasteiger partial charge on any atom is -1.00 e. The molecule has 3 atom stereocenters. The Kier molecular flexibility index (Phi) is 22.1. The van der Waals surface area contributed by atoms with Crippen molar-refractivity contribution in [3.05, 3.63) is 35.9 Å². The molecule has 1 rings (SSSR count). The zero-order valence-electron chi connectivity index (χ0n) is 25.2. The van der Waals surface area contributed by atoms with Crippen LogP contribution in [0.1, 0.15) is 45.6 Å². The quantitative estimate of drug-likeness (QED) is 0.0664. The molecule has 8 N–H and O–H groups in total. The third kappa shape index (κ3) is 20.0. The van der Waals surface area contributed by atoms with Gasteiger partial charge in [0.25, 0.3) is 0 Å². The van der Waals surface area contributed by atoms with Crippen molar-refractivity contribution in [2.24, 2.45) is 0 Å². The number of benzene rings is 1. The number of esters is 2. The number of methoxy groups -OCH3 is 2. The molecule has 16 heteroatoms. The molecule has 0 aromatic heterocycles. The van der Waals surface area contributed by atoms with Gasteiger partial charge in [-0.1, -0.05) is 30.3 Å². The molecule has 1 aromatic rings. The second-order valence-corrected chi connectivity index (χ2v) is 9.85.